The molecule has 0 unspecified atom stereocenters. The molecular formula is C35H29FN4O5. The number of nitrogens with zero attached hydrogens (tertiary/aromatic N) is 1. The first-order valence-electron chi connectivity index (χ1n) is 14.6. The van der Waals surface area contributed by atoms with Crippen LogP contribution in [0.5, 0.6) is 11.5 Å². The number of fused-ring (bicyclic) bond motifs is 8. The van der Waals surface area contributed by atoms with E-state index in [1.54, 1.807) is 53.4 Å². The first-order chi connectivity index (χ1) is 21.9. The van der Waals surface area contributed by atoms with E-state index in [0.29, 0.717) is 34.7 Å². The largest absolute Gasteiger partial charge is 0.486 e. The molecule has 1 saturated heterocycles. The number of H-pyrrole nitrogens is 1. The Morgan fingerprint density at radius 3 is 2.58 bits per heavy atom. The second-order valence-electron chi connectivity index (χ2n) is 11.2. The molecule has 3 amide bonds. The maximum atomic E-state index is 15.1. The minimum atomic E-state index is -0.680. The average molecular weight is 605 g/mol. The van der Waals surface area contributed by atoms with E-state index in [1.165, 1.54) is 12.1 Å². The summed E-state index contributed by atoms with van der Waals surface area (Å²) in [5.41, 5.74) is 3.35. The highest BCUT2D eigenvalue weighted by atomic mass is 19.1. The molecule has 0 spiro atoms. The van der Waals surface area contributed by atoms with Crippen LogP contribution in [0.15, 0.2) is 97.2 Å². The standard InChI is InChI=1S/C35H29FN4O5/c36-29-11-8-24-15-28(29)34(42)39-31-18-40(35(43)25-7-6-22-12-13-37-30(22)16-25)19-32(31)45-26-9-4-21(5-10-26)17-38-33(41)20-44-27-3-1-2-23(24)14-27/h1-16,31-32,37H,17-20H2,(H,38,41)(H,39,42)/t31-,32-/m0/s1. The van der Waals surface area contributed by atoms with Crippen LogP contribution in [-0.4, -0.2) is 59.4 Å². The number of hydrogen-bond acceptors (Lipinski definition) is 5. The Morgan fingerprint density at radius 2 is 1.71 bits per heavy atom. The average Bonchev–Trinajstić information content (AvgIpc) is 3.69. The number of benzene rings is 4. The number of halogens is 1. The monoisotopic (exact) mass is 604 g/mol. The van der Waals surface area contributed by atoms with Gasteiger partial charge in [-0.05, 0) is 76.7 Å². The fourth-order valence-corrected chi connectivity index (χ4v) is 5.71. The van der Waals surface area contributed by atoms with E-state index in [0.717, 1.165) is 16.5 Å². The van der Waals surface area contributed by atoms with E-state index in [4.69, 9.17) is 9.47 Å². The summed E-state index contributed by atoms with van der Waals surface area (Å²) >= 11 is 0. The van der Waals surface area contributed by atoms with Crippen LogP contribution in [0.3, 0.4) is 0 Å². The van der Waals surface area contributed by atoms with E-state index in [9.17, 15) is 14.4 Å². The van der Waals surface area contributed by atoms with E-state index in [2.05, 4.69) is 15.6 Å². The van der Waals surface area contributed by atoms with E-state index in [1.807, 2.05) is 36.5 Å². The zero-order valence-electron chi connectivity index (χ0n) is 24.1. The Balaban J connectivity index is 1.21. The summed E-state index contributed by atoms with van der Waals surface area (Å²) in [6.45, 7) is 0.498. The lowest BCUT2D eigenvalue weighted by molar-refractivity contribution is -0.123. The summed E-state index contributed by atoms with van der Waals surface area (Å²) in [5, 5.41) is 6.78. The normalized spacial score (nSPS) is 18.4. The van der Waals surface area contributed by atoms with Gasteiger partial charge in [-0.2, -0.15) is 0 Å². The summed E-state index contributed by atoms with van der Waals surface area (Å²) in [5.74, 6) is -0.804. The van der Waals surface area contributed by atoms with Gasteiger partial charge in [-0.25, -0.2) is 4.39 Å². The molecule has 0 radical (unpaired) electrons. The van der Waals surface area contributed by atoms with Crippen LogP contribution in [-0.2, 0) is 11.3 Å². The van der Waals surface area contributed by atoms with Gasteiger partial charge in [0.25, 0.3) is 17.7 Å². The van der Waals surface area contributed by atoms with Crippen molar-refractivity contribution in [3.63, 3.8) is 0 Å². The number of hydrogen-bond donors (Lipinski definition) is 3. The second-order valence-corrected chi connectivity index (χ2v) is 11.2. The lowest BCUT2D eigenvalue weighted by atomic mass is 10.0. The first-order valence-corrected chi connectivity index (χ1v) is 14.6. The minimum Gasteiger partial charge on any atom is -0.486 e. The number of nitrogens with one attached hydrogen (secondary N) is 3. The molecule has 1 aromatic heterocycles. The number of likely N-dealkylation sites (tertiary alicyclic amines) is 1. The molecule has 9 nitrogen and oxygen atoms in total. The maximum absolute atomic E-state index is 15.1. The molecule has 6 bridgehead atoms. The number of rotatable bonds is 1. The van der Waals surface area contributed by atoms with Crippen molar-refractivity contribution in [2.24, 2.45) is 0 Å². The second kappa shape index (κ2) is 11.8. The summed E-state index contributed by atoms with van der Waals surface area (Å²) < 4.78 is 27.1. The van der Waals surface area contributed by atoms with Crippen LogP contribution in [0.4, 0.5) is 4.39 Å². The predicted octanol–water partition coefficient (Wildman–Crippen LogP) is 4.68. The Labute approximate surface area is 258 Å². The molecule has 2 atom stereocenters. The van der Waals surface area contributed by atoms with Gasteiger partial charge >= 0.3 is 0 Å². The zero-order chi connectivity index (χ0) is 30.9. The van der Waals surface area contributed by atoms with E-state index in [-0.39, 0.29) is 37.1 Å². The van der Waals surface area contributed by atoms with Gasteiger partial charge in [0.2, 0.25) is 0 Å². The highest BCUT2D eigenvalue weighted by Gasteiger charge is 2.38. The van der Waals surface area contributed by atoms with Crippen molar-refractivity contribution >= 4 is 28.6 Å². The lowest BCUT2D eigenvalue weighted by Crippen LogP contribution is -2.45. The number of carbonyl (C=O) groups excluding carboxylic acids is 3. The Bertz CT molecular complexity index is 1920. The summed E-state index contributed by atoms with van der Waals surface area (Å²) in [7, 11) is 0. The predicted molar refractivity (Wildman–Crippen MR) is 165 cm³/mol. The molecule has 3 aliphatic heterocycles. The third kappa shape index (κ3) is 5.95. The van der Waals surface area contributed by atoms with Crippen molar-refractivity contribution in [2.45, 2.75) is 18.7 Å². The molecule has 5 aromatic rings. The van der Waals surface area contributed by atoms with Crippen LogP contribution < -0.4 is 20.1 Å². The van der Waals surface area contributed by atoms with Gasteiger partial charge in [-0.15, -0.1) is 0 Å². The molecular weight excluding hydrogens is 575 g/mol. The first kappa shape index (κ1) is 28.1. The van der Waals surface area contributed by atoms with E-state index < -0.39 is 23.9 Å². The lowest BCUT2D eigenvalue weighted by Gasteiger charge is -2.21. The van der Waals surface area contributed by atoms with Crippen molar-refractivity contribution in [1.29, 1.82) is 0 Å². The molecule has 226 valence electrons. The zero-order valence-corrected chi connectivity index (χ0v) is 24.1. The number of amides is 3. The molecule has 4 heterocycles. The van der Waals surface area contributed by atoms with Crippen molar-refractivity contribution in [3.8, 4) is 22.6 Å². The molecule has 10 heteroatoms. The molecule has 8 rings (SSSR count). The third-order valence-electron chi connectivity index (χ3n) is 8.12. The van der Waals surface area contributed by atoms with Crippen molar-refractivity contribution in [3.05, 3.63) is 120 Å². The van der Waals surface area contributed by atoms with Gasteiger partial charge in [-0.3, -0.25) is 14.4 Å². The quantitative estimate of drug-likeness (QED) is 0.257. The SMILES string of the molecule is O=C1COc2cccc(c2)-c2ccc(F)c(c2)C(=O)N[C@H]2CN(C(=O)c3ccc4cc[nH]c4c3)C[C@@H]2Oc2ccc(cc2)CN1. The maximum Gasteiger partial charge on any atom is 0.258 e. The number of aromatic nitrogens is 1. The van der Waals surface area contributed by atoms with Gasteiger partial charge in [-0.1, -0.05) is 36.4 Å². The Kier molecular flexibility index (Phi) is 7.38. The summed E-state index contributed by atoms with van der Waals surface area (Å²) in [4.78, 5) is 44.4. The van der Waals surface area contributed by atoms with Gasteiger partial charge in [0.1, 0.15) is 23.4 Å². The van der Waals surface area contributed by atoms with E-state index >= 15 is 4.39 Å². The Hall–Kier alpha value is -5.64. The van der Waals surface area contributed by atoms with Gasteiger partial charge in [0, 0.05) is 30.4 Å². The molecule has 0 aliphatic carbocycles. The van der Waals surface area contributed by atoms with Gasteiger partial charge in [0.15, 0.2) is 6.61 Å². The van der Waals surface area contributed by atoms with Gasteiger partial charge < -0.3 is 30.0 Å². The summed E-state index contributed by atoms with van der Waals surface area (Å²) in [6.07, 6.45) is 1.21. The van der Waals surface area contributed by atoms with Crippen molar-refractivity contribution in [1.82, 2.24) is 20.5 Å². The van der Waals surface area contributed by atoms with Crippen molar-refractivity contribution < 1.29 is 28.2 Å². The molecule has 0 saturated carbocycles. The Morgan fingerprint density at radius 1 is 0.867 bits per heavy atom. The molecule has 3 N–H and O–H groups in total. The highest BCUT2D eigenvalue weighted by molar-refractivity contribution is 5.99. The fraction of sp³-hybridized carbons (Fsp3) is 0.171. The highest BCUT2D eigenvalue weighted by Crippen LogP contribution is 2.27. The van der Waals surface area contributed by atoms with Crippen molar-refractivity contribution in [2.75, 3.05) is 19.7 Å². The number of aromatic amines is 1. The molecule has 45 heavy (non-hydrogen) atoms. The van der Waals surface area contributed by atoms with Gasteiger partial charge in [0.05, 0.1) is 18.2 Å². The minimum absolute atomic E-state index is 0.141. The smallest absolute Gasteiger partial charge is 0.258 e. The van der Waals surface area contributed by atoms with Crippen LogP contribution in [0.1, 0.15) is 26.3 Å². The van der Waals surface area contributed by atoms with Crippen LogP contribution in [0, 0.1) is 5.82 Å². The van der Waals surface area contributed by atoms with Crippen LogP contribution in [0.25, 0.3) is 22.0 Å². The summed E-state index contributed by atoms with van der Waals surface area (Å²) in [6, 6.07) is 25.3. The molecule has 3 aliphatic rings. The number of carbonyl (C=O) groups is 3. The molecule has 4 aromatic carbocycles. The molecule has 1 fully saturated rings. The van der Waals surface area contributed by atoms with Crippen LogP contribution >= 0.6 is 0 Å². The fourth-order valence-electron chi connectivity index (χ4n) is 5.71. The third-order valence-corrected chi connectivity index (χ3v) is 8.12. The number of ether oxygens (including phenoxy) is 2. The topological polar surface area (TPSA) is 113 Å². The van der Waals surface area contributed by atoms with Crippen LogP contribution in [0.2, 0.25) is 0 Å².